The lowest BCUT2D eigenvalue weighted by atomic mass is 9.98. The Morgan fingerprint density at radius 1 is 1.47 bits per heavy atom. The van der Waals surface area contributed by atoms with Gasteiger partial charge in [-0.1, -0.05) is 31.7 Å². The van der Waals surface area contributed by atoms with E-state index in [2.05, 4.69) is 29.8 Å². The summed E-state index contributed by atoms with van der Waals surface area (Å²) in [6.45, 7) is 5.87. The van der Waals surface area contributed by atoms with Gasteiger partial charge >= 0.3 is 0 Å². The average molecular weight is 257 g/mol. The Morgan fingerprint density at radius 3 is 2.84 bits per heavy atom. The molecule has 1 aromatic carbocycles. The lowest BCUT2D eigenvalue weighted by Gasteiger charge is -2.10. The molecule has 0 fully saturated rings. The first-order valence-corrected chi connectivity index (χ1v) is 6.14. The molecule has 0 N–H and O–H groups in total. The van der Waals surface area contributed by atoms with Crippen molar-refractivity contribution in [3.8, 4) is 11.4 Å². The van der Waals surface area contributed by atoms with E-state index >= 15 is 0 Å². The molecule has 1 aromatic heterocycles. The Kier molecular flexibility index (Phi) is 3.90. The molecule has 0 bridgehead atoms. The Balaban J connectivity index is 2.66. The Morgan fingerprint density at radius 2 is 2.26 bits per heavy atom. The Bertz CT molecular complexity index is 626. The van der Waals surface area contributed by atoms with E-state index in [1.807, 2.05) is 7.05 Å². The van der Waals surface area contributed by atoms with Crippen molar-refractivity contribution in [2.45, 2.75) is 13.3 Å². The van der Waals surface area contributed by atoms with Crippen LogP contribution in [0.3, 0.4) is 0 Å². The van der Waals surface area contributed by atoms with E-state index < -0.39 is 0 Å². The van der Waals surface area contributed by atoms with Crippen LogP contribution in [0.25, 0.3) is 17.0 Å². The van der Waals surface area contributed by atoms with E-state index in [0.717, 1.165) is 23.1 Å². The molecular formula is C15H16FN3. The van der Waals surface area contributed by atoms with Crippen LogP contribution in [-0.4, -0.2) is 14.8 Å². The second-order valence-electron chi connectivity index (χ2n) is 4.23. The van der Waals surface area contributed by atoms with Crippen LogP contribution in [0.2, 0.25) is 0 Å². The second kappa shape index (κ2) is 5.61. The molecule has 19 heavy (non-hydrogen) atoms. The first kappa shape index (κ1) is 13.2. The van der Waals surface area contributed by atoms with E-state index in [-0.39, 0.29) is 5.82 Å². The van der Waals surface area contributed by atoms with E-state index in [9.17, 15) is 4.39 Å². The molecule has 1 heterocycles. The monoisotopic (exact) mass is 257 g/mol. The molecule has 0 aliphatic heterocycles. The lowest BCUT2D eigenvalue weighted by molar-refractivity contribution is 0.628. The average Bonchev–Trinajstić information content (AvgIpc) is 2.82. The van der Waals surface area contributed by atoms with Gasteiger partial charge in [0.15, 0.2) is 5.82 Å². The summed E-state index contributed by atoms with van der Waals surface area (Å²) in [7, 11) is 1.83. The van der Waals surface area contributed by atoms with Crippen LogP contribution in [-0.2, 0) is 7.05 Å². The molecule has 0 spiro atoms. The second-order valence-corrected chi connectivity index (χ2v) is 4.23. The molecule has 98 valence electrons. The summed E-state index contributed by atoms with van der Waals surface area (Å²) in [4.78, 5) is 0. The van der Waals surface area contributed by atoms with Gasteiger partial charge in [-0.2, -0.15) is 0 Å². The third-order valence-electron chi connectivity index (χ3n) is 2.89. The molecule has 0 amide bonds. The maximum atomic E-state index is 13.5. The van der Waals surface area contributed by atoms with E-state index in [1.165, 1.54) is 12.1 Å². The number of hydrogen-bond donors (Lipinski definition) is 0. The van der Waals surface area contributed by atoms with Gasteiger partial charge in [-0.25, -0.2) is 4.39 Å². The highest BCUT2D eigenvalue weighted by Gasteiger charge is 2.13. The van der Waals surface area contributed by atoms with Crippen LogP contribution in [0.5, 0.6) is 0 Å². The molecule has 0 radical (unpaired) electrons. The third kappa shape index (κ3) is 2.62. The van der Waals surface area contributed by atoms with Gasteiger partial charge in [0.25, 0.3) is 0 Å². The summed E-state index contributed by atoms with van der Waals surface area (Å²) in [6.07, 6.45) is 6.31. The van der Waals surface area contributed by atoms with Crippen LogP contribution in [0.4, 0.5) is 4.39 Å². The molecule has 0 saturated heterocycles. The third-order valence-corrected chi connectivity index (χ3v) is 2.89. The molecule has 2 rings (SSSR count). The molecule has 0 aliphatic rings. The quantitative estimate of drug-likeness (QED) is 0.783. The molecule has 2 aromatic rings. The van der Waals surface area contributed by atoms with E-state index in [0.29, 0.717) is 5.82 Å². The van der Waals surface area contributed by atoms with Crippen molar-refractivity contribution in [1.82, 2.24) is 14.8 Å². The van der Waals surface area contributed by atoms with Crippen molar-refractivity contribution >= 4 is 5.57 Å². The molecule has 0 saturated carbocycles. The fraction of sp³-hybridized carbons (Fsp3) is 0.200. The predicted molar refractivity (Wildman–Crippen MR) is 74.9 cm³/mol. The van der Waals surface area contributed by atoms with Crippen molar-refractivity contribution < 1.29 is 4.39 Å². The minimum Gasteiger partial charge on any atom is -0.317 e. The van der Waals surface area contributed by atoms with Crippen LogP contribution in [0.15, 0.2) is 43.3 Å². The number of aryl methyl sites for hydroxylation is 1. The number of hydrogen-bond acceptors (Lipinski definition) is 2. The van der Waals surface area contributed by atoms with Crippen molar-refractivity contribution in [3.05, 3.63) is 54.6 Å². The maximum Gasteiger partial charge on any atom is 0.164 e. The van der Waals surface area contributed by atoms with Crippen molar-refractivity contribution in [1.29, 1.82) is 0 Å². The first-order chi connectivity index (χ1) is 9.17. The van der Waals surface area contributed by atoms with E-state index in [1.54, 1.807) is 23.0 Å². The summed E-state index contributed by atoms with van der Waals surface area (Å²) in [5.41, 5.74) is 2.61. The zero-order valence-electron chi connectivity index (χ0n) is 11.1. The fourth-order valence-electron chi connectivity index (χ4n) is 2.00. The number of allylic oxidation sites excluding steroid dienone is 3. The topological polar surface area (TPSA) is 30.7 Å². The molecule has 0 atom stereocenters. The van der Waals surface area contributed by atoms with Gasteiger partial charge in [0.05, 0.1) is 0 Å². The molecule has 3 nitrogen and oxygen atoms in total. The number of rotatable bonds is 4. The fourth-order valence-corrected chi connectivity index (χ4v) is 2.00. The zero-order valence-corrected chi connectivity index (χ0v) is 11.1. The highest BCUT2D eigenvalue weighted by atomic mass is 19.1. The predicted octanol–water partition coefficient (Wildman–Crippen LogP) is 3.60. The van der Waals surface area contributed by atoms with Crippen LogP contribution < -0.4 is 0 Å². The Labute approximate surface area is 112 Å². The van der Waals surface area contributed by atoms with Crippen LogP contribution >= 0.6 is 0 Å². The summed E-state index contributed by atoms with van der Waals surface area (Å²) in [5, 5.41) is 7.89. The van der Waals surface area contributed by atoms with Crippen LogP contribution in [0.1, 0.15) is 18.9 Å². The van der Waals surface area contributed by atoms with E-state index in [4.69, 9.17) is 0 Å². The van der Waals surface area contributed by atoms with Gasteiger partial charge < -0.3 is 4.57 Å². The summed E-state index contributed by atoms with van der Waals surface area (Å²) in [5.74, 6) is 0.347. The highest BCUT2D eigenvalue weighted by Crippen LogP contribution is 2.29. The number of halogens is 1. The molecule has 0 aliphatic carbocycles. The number of nitrogens with zero attached hydrogens (tertiary/aromatic N) is 3. The van der Waals surface area contributed by atoms with Crippen molar-refractivity contribution in [2.24, 2.45) is 7.05 Å². The molecule has 4 heteroatoms. The van der Waals surface area contributed by atoms with Crippen LogP contribution in [0, 0.1) is 5.82 Å². The lowest BCUT2D eigenvalue weighted by Crippen LogP contribution is -1.96. The standard InChI is InChI=1S/C15H16FN3/c1-4-6-11(5-2)13-8-7-12(16)9-14(13)15-18-17-10-19(15)3/h5-10H,2,4H2,1,3H3/b11-6+. The summed E-state index contributed by atoms with van der Waals surface area (Å²) >= 11 is 0. The normalized spacial score (nSPS) is 11.6. The van der Waals surface area contributed by atoms with Crippen molar-refractivity contribution in [2.75, 3.05) is 0 Å². The van der Waals surface area contributed by atoms with Gasteiger partial charge in [-0.3, -0.25) is 0 Å². The number of aromatic nitrogens is 3. The smallest absolute Gasteiger partial charge is 0.164 e. The largest absolute Gasteiger partial charge is 0.317 e. The van der Waals surface area contributed by atoms with Crippen molar-refractivity contribution in [3.63, 3.8) is 0 Å². The zero-order chi connectivity index (χ0) is 13.8. The number of benzene rings is 1. The first-order valence-electron chi connectivity index (χ1n) is 6.14. The molecular weight excluding hydrogens is 241 g/mol. The maximum absolute atomic E-state index is 13.5. The summed E-state index contributed by atoms with van der Waals surface area (Å²) in [6, 6.07) is 4.68. The van der Waals surface area contributed by atoms with Gasteiger partial charge in [0.1, 0.15) is 12.1 Å². The SMILES string of the molecule is C=C/C(=C\CC)c1ccc(F)cc1-c1nncn1C. The summed E-state index contributed by atoms with van der Waals surface area (Å²) < 4.78 is 15.3. The Hall–Kier alpha value is -2.23. The van der Waals surface area contributed by atoms with Gasteiger partial charge in [-0.15, -0.1) is 10.2 Å². The molecule has 0 unspecified atom stereocenters. The van der Waals surface area contributed by atoms with Gasteiger partial charge in [0, 0.05) is 12.6 Å². The minimum absolute atomic E-state index is 0.290. The van der Waals surface area contributed by atoms with Gasteiger partial charge in [0.2, 0.25) is 0 Å². The highest BCUT2D eigenvalue weighted by molar-refractivity contribution is 5.83. The van der Waals surface area contributed by atoms with Gasteiger partial charge in [-0.05, 0) is 29.7 Å². The minimum atomic E-state index is -0.290.